The fourth-order valence-electron chi connectivity index (χ4n) is 1.53. The molecule has 0 heterocycles. The van der Waals surface area contributed by atoms with Crippen molar-refractivity contribution in [3.05, 3.63) is 71.5 Å². The molecule has 2 aromatic carbocycles. The van der Waals surface area contributed by atoms with Crippen LogP contribution in [-0.2, 0) is 0 Å². The second-order valence-corrected chi connectivity index (χ2v) is 3.64. The topological polar surface area (TPSA) is 17.1 Å². The van der Waals surface area contributed by atoms with Crippen molar-refractivity contribution < 1.29 is 13.6 Å². The molecule has 0 saturated heterocycles. The van der Waals surface area contributed by atoms with Crippen LogP contribution in [-0.4, -0.2) is 5.78 Å². The molecule has 2 aromatic rings. The Hall–Kier alpha value is -2.03. The predicted octanol–water partition coefficient (Wildman–Crippen LogP) is 3.72. The summed E-state index contributed by atoms with van der Waals surface area (Å²) in [5.41, 5.74) is 0.476. The van der Waals surface area contributed by atoms with Crippen molar-refractivity contribution in [3.8, 4) is 0 Å². The fourth-order valence-corrected chi connectivity index (χ4v) is 1.53. The second-order valence-electron chi connectivity index (χ2n) is 3.64. The largest absolute Gasteiger partial charge is 0.290 e. The van der Waals surface area contributed by atoms with Crippen LogP contribution in [0.4, 0.5) is 8.78 Å². The van der Waals surface area contributed by atoms with E-state index < -0.39 is 17.8 Å². The van der Waals surface area contributed by atoms with Crippen LogP contribution in [0.15, 0.2) is 54.6 Å². The Morgan fingerprint density at radius 1 is 0.941 bits per heavy atom. The van der Waals surface area contributed by atoms with Crippen molar-refractivity contribution >= 4 is 5.78 Å². The van der Waals surface area contributed by atoms with Crippen molar-refractivity contribution in [1.29, 1.82) is 0 Å². The van der Waals surface area contributed by atoms with Gasteiger partial charge in [0.1, 0.15) is 5.82 Å². The summed E-state index contributed by atoms with van der Waals surface area (Å²) in [6, 6.07) is 13.0. The molecule has 17 heavy (non-hydrogen) atoms. The zero-order chi connectivity index (χ0) is 12.3. The number of benzene rings is 2. The first-order valence-electron chi connectivity index (χ1n) is 5.17. The number of hydrogen-bond donors (Lipinski definition) is 0. The summed E-state index contributed by atoms with van der Waals surface area (Å²) in [5, 5.41) is 0. The smallest absolute Gasteiger partial charge is 0.201 e. The molecule has 1 atom stereocenters. The third-order valence-electron chi connectivity index (χ3n) is 2.45. The van der Waals surface area contributed by atoms with Gasteiger partial charge in [0.15, 0.2) is 6.17 Å². The number of ketones is 1. The van der Waals surface area contributed by atoms with E-state index in [-0.39, 0.29) is 5.56 Å². The molecule has 1 unspecified atom stereocenters. The van der Waals surface area contributed by atoms with Gasteiger partial charge in [-0.25, -0.2) is 8.78 Å². The highest BCUT2D eigenvalue weighted by molar-refractivity contribution is 5.99. The van der Waals surface area contributed by atoms with E-state index in [0.717, 1.165) is 12.1 Å². The average Bonchev–Trinajstić information content (AvgIpc) is 2.39. The number of rotatable bonds is 3. The van der Waals surface area contributed by atoms with Gasteiger partial charge in [-0.2, -0.15) is 0 Å². The molecule has 0 spiro atoms. The Balaban J connectivity index is 2.23. The van der Waals surface area contributed by atoms with Gasteiger partial charge in [-0.05, 0) is 29.8 Å². The number of halogens is 2. The van der Waals surface area contributed by atoms with Crippen LogP contribution in [0.5, 0.6) is 0 Å². The normalized spacial score (nSPS) is 12.1. The number of Topliss-reactive ketones (excluding diaryl/α,β-unsaturated/α-hetero) is 1. The molecule has 2 rings (SSSR count). The van der Waals surface area contributed by atoms with E-state index in [1.54, 1.807) is 30.3 Å². The Kier molecular flexibility index (Phi) is 3.28. The fraction of sp³-hybridized carbons (Fsp3) is 0.0714. The van der Waals surface area contributed by atoms with E-state index in [0.29, 0.717) is 5.56 Å². The minimum Gasteiger partial charge on any atom is -0.290 e. The highest BCUT2D eigenvalue weighted by atomic mass is 19.1. The lowest BCUT2D eigenvalue weighted by molar-refractivity contribution is 0.0878. The summed E-state index contributed by atoms with van der Waals surface area (Å²) in [6.45, 7) is 0. The molecule has 0 saturated carbocycles. The third kappa shape index (κ3) is 2.56. The number of hydrogen-bond acceptors (Lipinski definition) is 1. The quantitative estimate of drug-likeness (QED) is 0.737. The highest BCUT2D eigenvalue weighted by Gasteiger charge is 2.20. The molecule has 0 aromatic heterocycles. The molecule has 0 aliphatic heterocycles. The molecule has 0 bridgehead atoms. The molecule has 0 fully saturated rings. The summed E-state index contributed by atoms with van der Waals surface area (Å²) < 4.78 is 26.5. The number of alkyl halides is 1. The van der Waals surface area contributed by atoms with Crippen LogP contribution < -0.4 is 0 Å². The summed E-state index contributed by atoms with van der Waals surface area (Å²) in [7, 11) is 0. The SMILES string of the molecule is O=C(c1ccc(F)cc1)C(F)c1ccccc1. The van der Waals surface area contributed by atoms with Gasteiger partial charge in [0.05, 0.1) is 0 Å². The van der Waals surface area contributed by atoms with E-state index in [9.17, 15) is 13.6 Å². The maximum Gasteiger partial charge on any atom is 0.201 e. The summed E-state index contributed by atoms with van der Waals surface area (Å²) in [4.78, 5) is 11.8. The van der Waals surface area contributed by atoms with Gasteiger partial charge in [0, 0.05) is 5.56 Å². The van der Waals surface area contributed by atoms with Crippen LogP contribution in [0, 0.1) is 5.82 Å². The third-order valence-corrected chi connectivity index (χ3v) is 2.45. The second kappa shape index (κ2) is 4.87. The molecule has 0 aliphatic rings. The molecule has 1 nitrogen and oxygen atoms in total. The highest BCUT2D eigenvalue weighted by Crippen LogP contribution is 2.22. The average molecular weight is 232 g/mol. The van der Waals surface area contributed by atoms with Crippen LogP contribution >= 0.6 is 0 Å². The molecule has 3 heteroatoms. The van der Waals surface area contributed by atoms with Gasteiger partial charge in [-0.15, -0.1) is 0 Å². The van der Waals surface area contributed by atoms with E-state index in [1.165, 1.54) is 12.1 Å². The van der Waals surface area contributed by atoms with Gasteiger partial charge < -0.3 is 0 Å². The van der Waals surface area contributed by atoms with Crippen molar-refractivity contribution in [3.63, 3.8) is 0 Å². The van der Waals surface area contributed by atoms with Crippen LogP contribution in [0.3, 0.4) is 0 Å². The molecule has 0 N–H and O–H groups in total. The van der Waals surface area contributed by atoms with Gasteiger partial charge in [-0.1, -0.05) is 30.3 Å². The van der Waals surface area contributed by atoms with Gasteiger partial charge in [0.25, 0.3) is 0 Å². The van der Waals surface area contributed by atoms with E-state index in [2.05, 4.69) is 0 Å². The van der Waals surface area contributed by atoms with Crippen LogP contribution in [0.1, 0.15) is 22.1 Å². The minimum atomic E-state index is -1.71. The summed E-state index contributed by atoms with van der Waals surface area (Å²) >= 11 is 0. The Morgan fingerprint density at radius 3 is 2.12 bits per heavy atom. The monoisotopic (exact) mass is 232 g/mol. The van der Waals surface area contributed by atoms with Crippen molar-refractivity contribution in [1.82, 2.24) is 0 Å². The lowest BCUT2D eigenvalue weighted by atomic mass is 10.0. The first-order valence-corrected chi connectivity index (χ1v) is 5.17. The van der Waals surface area contributed by atoms with Crippen LogP contribution in [0.25, 0.3) is 0 Å². The molecule has 86 valence electrons. The van der Waals surface area contributed by atoms with Crippen molar-refractivity contribution in [2.75, 3.05) is 0 Å². The van der Waals surface area contributed by atoms with Crippen molar-refractivity contribution in [2.45, 2.75) is 6.17 Å². The first-order chi connectivity index (χ1) is 8.18. The van der Waals surface area contributed by atoms with E-state index >= 15 is 0 Å². The maximum atomic E-state index is 13.9. The number of carbonyl (C=O) groups excluding carboxylic acids is 1. The zero-order valence-corrected chi connectivity index (χ0v) is 8.94. The zero-order valence-electron chi connectivity index (χ0n) is 8.94. The number of carbonyl (C=O) groups is 1. The molecule has 0 amide bonds. The Bertz CT molecular complexity index is 506. The maximum absolute atomic E-state index is 13.9. The van der Waals surface area contributed by atoms with Gasteiger partial charge >= 0.3 is 0 Å². The van der Waals surface area contributed by atoms with E-state index in [1.807, 2.05) is 0 Å². The first kappa shape index (κ1) is 11.5. The Morgan fingerprint density at radius 2 is 1.53 bits per heavy atom. The molecule has 0 aliphatic carbocycles. The van der Waals surface area contributed by atoms with Crippen molar-refractivity contribution in [2.24, 2.45) is 0 Å². The molecular formula is C14H10F2O. The van der Waals surface area contributed by atoms with Crippen LogP contribution in [0.2, 0.25) is 0 Å². The summed E-state index contributed by atoms with van der Waals surface area (Å²) in [6.07, 6.45) is -1.71. The van der Waals surface area contributed by atoms with E-state index in [4.69, 9.17) is 0 Å². The van der Waals surface area contributed by atoms with Gasteiger partial charge in [-0.3, -0.25) is 4.79 Å². The summed E-state index contributed by atoms with van der Waals surface area (Å²) in [5.74, 6) is -1.10. The van der Waals surface area contributed by atoms with Gasteiger partial charge in [0.2, 0.25) is 5.78 Å². The molecular weight excluding hydrogens is 222 g/mol. The minimum absolute atomic E-state index is 0.169. The Labute approximate surface area is 97.7 Å². The predicted molar refractivity (Wildman–Crippen MR) is 61.0 cm³/mol. The lowest BCUT2D eigenvalue weighted by Crippen LogP contribution is -2.08. The standard InChI is InChI=1S/C14H10F2O/c15-12-8-6-11(7-9-12)14(17)13(16)10-4-2-1-3-5-10/h1-9,13H. The lowest BCUT2D eigenvalue weighted by Gasteiger charge is -2.07. The molecule has 0 radical (unpaired) electrons.